The van der Waals surface area contributed by atoms with E-state index in [0.29, 0.717) is 12.1 Å². The number of carbonyl (C=O) groups excluding carboxylic acids is 1. The van der Waals surface area contributed by atoms with Gasteiger partial charge in [0.2, 0.25) is 10.0 Å². The lowest BCUT2D eigenvalue weighted by atomic mass is 10.1. The second kappa shape index (κ2) is 9.52. The van der Waals surface area contributed by atoms with Gasteiger partial charge < -0.3 is 10.2 Å². The summed E-state index contributed by atoms with van der Waals surface area (Å²) in [6.07, 6.45) is 3.82. The van der Waals surface area contributed by atoms with E-state index < -0.39 is 10.0 Å². The lowest BCUT2D eigenvalue weighted by Crippen LogP contribution is -2.35. The van der Waals surface area contributed by atoms with Crippen LogP contribution in [0.2, 0.25) is 0 Å². The SMILES string of the molecule is CN(C)CC(NC(=O)c1cccc(S(=O)(=O)NC2CCCC2)c1)c1ccccc1. The molecule has 0 aliphatic heterocycles. The molecule has 0 aromatic heterocycles. The Labute approximate surface area is 173 Å². The number of rotatable bonds is 8. The highest BCUT2D eigenvalue weighted by atomic mass is 32.2. The summed E-state index contributed by atoms with van der Waals surface area (Å²) < 4.78 is 28.2. The van der Waals surface area contributed by atoms with Gasteiger partial charge in [-0.25, -0.2) is 13.1 Å². The molecule has 1 aliphatic rings. The summed E-state index contributed by atoms with van der Waals surface area (Å²) in [6.45, 7) is 0.636. The molecule has 2 aromatic rings. The Balaban J connectivity index is 1.77. The highest BCUT2D eigenvalue weighted by Crippen LogP contribution is 2.21. The van der Waals surface area contributed by atoms with Crippen LogP contribution in [0.1, 0.15) is 47.6 Å². The van der Waals surface area contributed by atoms with Crippen LogP contribution in [0.5, 0.6) is 0 Å². The summed E-state index contributed by atoms with van der Waals surface area (Å²) in [4.78, 5) is 15.0. The summed E-state index contributed by atoms with van der Waals surface area (Å²) in [5.41, 5.74) is 1.33. The van der Waals surface area contributed by atoms with E-state index >= 15 is 0 Å². The van der Waals surface area contributed by atoms with Crippen molar-refractivity contribution in [3.8, 4) is 0 Å². The fourth-order valence-electron chi connectivity index (χ4n) is 3.66. The Morgan fingerprint density at radius 2 is 1.76 bits per heavy atom. The van der Waals surface area contributed by atoms with E-state index in [2.05, 4.69) is 10.0 Å². The highest BCUT2D eigenvalue weighted by Gasteiger charge is 2.24. The third-order valence-electron chi connectivity index (χ3n) is 5.14. The van der Waals surface area contributed by atoms with E-state index in [4.69, 9.17) is 0 Å². The Bertz CT molecular complexity index is 923. The van der Waals surface area contributed by atoms with Gasteiger partial charge >= 0.3 is 0 Å². The molecule has 0 radical (unpaired) electrons. The number of amides is 1. The first-order valence-corrected chi connectivity index (χ1v) is 11.5. The van der Waals surface area contributed by atoms with Crippen molar-refractivity contribution in [3.63, 3.8) is 0 Å². The van der Waals surface area contributed by atoms with Gasteiger partial charge in [0.25, 0.3) is 5.91 Å². The predicted molar refractivity (Wildman–Crippen MR) is 114 cm³/mol. The third kappa shape index (κ3) is 5.88. The molecule has 156 valence electrons. The fourth-order valence-corrected chi connectivity index (χ4v) is 5.01. The highest BCUT2D eigenvalue weighted by molar-refractivity contribution is 7.89. The number of likely N-dealkylation sites (N-methyl/N-ethyl adjacent to an activating group) is 1. The van der Waals surface area contributed by atoms with Gasteiger partial charge in [0.1, 0.15) is 0 Å². The number of carbonyl (C=O) groups is 1. The number of sulfonamides is 1. The Kier molecular flexibility index (Phi) is 7.05. The largest absolute Gasteiger partial charge is 0.344 e. The summed E-state index contributed by atoms with van der Waals surface area (Å²) in [6, 6.07) is 15.8. The number of nitrogens with zero attached hydrogens (tertiary/aromatic N) is 1. The van der Waals surface area contributed by atoms with E-state index in [-0.39, 0.29) is 22.9 Å². The van der Waals surface area contributed by atoms with Gasteiger partial charge in [-0.05, 0) is 50.7 Å². The van der Waals surface area contributed by atoms with Gasteiger partial charge in [0.15, 0.2) is 0 Å². The zero-order valence-corrected chi connectivity index (χ0v) is 17.8. The topological polar surface area (TPSA) is 78.5 Å². The first-order chi connectivity index (χ1) is 13.8. The first-order valence-electron chi connectivity index (χ1n) is 9.98. The number of nitrogens with one attached hydrogen (secondary N) is 2. The number of benzene rings is 2. The minimum absolute atomic E-state index is 0.0139. The summed E-state index contributed by atoms with van der Waals surface area (Å²) in [5, 5.41) is 3.04. The minimum Gasteiger partial charge on any atom is -0.344 e. The third-order valence-corrected chi connectivity index (χ3v) is 6.66. The molecule has 0 saturated heterocycles. The molecular formula is C22H29N3O3S. The molecule has 1 fully saturated rings. The van der Waals surface area contributed by atoms with Crippen molar-refractivity contribution >= 4 is 15.9 Å². The van der Waals surface area contributed by atoms with Gasteiger partial charge in [-0.1, -0.05) is 49.2 Å². The van der Waals surface area contributed by atoms with Crippen LogP contribution in [-0.2, 0) is 10.0 Å². The maximum absolute atomic E-state index is 12.9. The maximum atomic E-state index is 12.9. The van der Waals surface area contributed by atoms with Crippen LogP contribution >= 0.6 is 0 Å². The summed E-state index contributed by atoms with van der Waals surface area (Å²) in [5.74, 6) is -0.293. The quantitative estimate of drug-likeness (QED) is 0.695. The molecule has 7 heteroatoms. The van der Waals surface area contributed by atoms with E-state index in [1.807, 2.05) is 49.3 Å². The van der Waals surface area contributed by atoms with Crippen molar-refractivity contribution in [1.29, 1.82) is 0 Å². The van der Waals surface area contributed by atoms with Crippen LogP contribution in [0.4, 0.5) is 0 Å². The monoisotopic (exact) mass is 415 g/mol. The van der Waals surface area contributed by atoms with Gasteiger partial charge in [-0.3, -0.25) is 4.79 Å². The van der Waals surface area contributed by atoms with E-state index in [0.717, 1.165) is 31.2 Å². The fraction of sp³-hybridized carbons (Fsp3) is 0.409. The van der Waals surface area contributed by atoms with Crippen molar-refractivity contribution < 1.29 is 13.2 Å². The van der Waals surface area contributed by atoms with Crippen molar-refractivity contribution in [2.75, 3.05) is 20.6 Å². The van der Waals surface area contributed by atoms with E-state index in [1.54, 1.807) is 12.1 Å². The Hall–Kier alpha value is -2.22. The second-order valence-corrected chi connectivity index (χ2v) is 9.54. The van der Waals surface area contributed by atoms with Crippen LogP contribution in [0.3, 0.4) is 0 Å². The van der Waals surface area contributed by atoms with Crippen LogP contribution in [-0.4, -0.2) is 45.9 Å². The van der Waals surface area contributed by atoms with Crippen molar-refractivity contribution in [2.24, 2.45) is 0 Å². The van der Waals surface area contributed by atoms with Crippen LogP contribution in [0.15, 0.2) is 59.5 Å². The van der Waals surface area contributed by atoms with Crippen molar-refractivity contribution in [2.45, 2.75) is 42.7 Å². The molecule has 1 amide bonds. The summed E-state index contributed by atoms with van der Waals surface area (Å²) >= 11 is 0. The van der Waals surface area contributed by atoms with Gasteiger partial charge in [-0.2, -0.15) is 0 Å². The smallest absolute Gasteiger partial charge is 0.251 e. The molecule has 6 nitrogen and oxygen atoms in total. The number of hydrogen-bond acceptors (Lipinski definition) is 4. The zero-order valence-electron chi connectivity index (χ0n) is 17.0. The molecule has 1 saturated carbocycles. The van der Waals surface area contributed by atoms with E-state index in [9.17, 15) is 13.2 Å². The Morgan fingerprint density at radius 1 is 1.07 bits per heavy atom. The average molecular weight is 416 g/mol. The standard InChI is InChI=1S/C22H29N3O3S/c1-25(2)16-21(17-9-4-3-5-10-17)23-22(26)18-11-8-14-20(15-18)29(27,28)24-19-12-6-7-13-19/h3-5,8-11,14-15,19,21,24H,6-7,12-13,16H2,1-2H3,(H,23,26). The van der Waals surface area contributed by atoms with Crippen molar-refractivity contribution in [1.82, 2.24) is 14.9 Å². The van der Waals surface area contributed by atoms with Gasteiger partial charge in [0.05, 0.1) is 10.9 Å². The normalized spacial score (nSPS) is 16.1. The molecule has 0 heterocycles. The van der Waals surface area contributed by atoms with Crippen LogP contribution in [0, 0.1) is 0 Å². The Morgan fingerprint density at radius 3 is 2.41 bits per heavy atom. The molecule has 0 bridgehead atoms. The molecule has 29 heavy (non-hydrogen) atoms. The first kappa shape index (κ1) is 21.5. The molecule has 2 N–H and O–H groups in total. The van der Waals surface area contributed by atoms with Crippen LogP contribution < -0.4 is 10.0 Å². The molecular weight excluding hydrogens is 386 g/mol. The minimum atomic E-state index is -3.64. The van der Waals surface area contributed by atoms with Crippen LogP contribution in [0.25, 0.3) is 0 Å². The predicted octanol–water partition coefficient (Wildman–Crippen LogP) is 2.94. The summed E-state index contributed by atoms with van der Waals surface area (Å²) in [7, 11) is 0.259. The molecule has 1 atom stereocenters. The second-order valence-electron chi connectivity index (χ2n) is 7.83. The lowest BCUT2D eigenvalue weighted by Gasteiger charge is -2.23. The molecule has 2 aromatic carbocycles. The molecule has 3 rings (SSSR count). The van der Waals surface area contributed by atoms with Crippen molar-refractivity contribution in [3.05, 3.63) is 65.7 Å². The number of hydrogen-bond donors (Lipinski definition) is 2. The molecule has 0 spiro atoms. The zero-order chi connectivity index (χ0) is 20.9. The average Bonchev–Trinajstić information content (AvgIpc) is 3.20. The van der Waals surface area contributed by atoms with Gasteiger partial charge in [0, 0.05) is 18.2 Å². The lowest BCUT2D eigenvalue weighted by molar-refractivity contribution is 0.0929. The molecule has 1 aliphatic carbocycles. The maximum Gasteiger partial charge on any atom is 0.251 e. The van der Waals surface area contributed by atoms with Gasteiger partial charge in [-0.15, -0.1) is 0 Å². The molecule has 1 unspecified atom stereocenters. The van der Waals surface area contributed by atoms with E-state index in [1.165, 1.54) is 12.1 Å².